The molecule has 1 atom stereocenters. The number of aromatic carboxylic acids is 1. The van der Waals surface area contributed by atoms with E-state index in [1.54, 1.807) is 24.0 Å². The first-order valence-corrected chi connectivity index (χ1v) is 6.90. The van der Waals surface area contributed by atoms with Crippen LogP contribution in [0.1, 0.15) is 23.7 Å². The van der Waals surface area contributed by atoms with E-state index in [-0.39, 0.29) is 5.56 Å². The van der Waals surface area contributed by atoms with Crippen LogP contribution < -0.4 is 4.90 Å². The van der Waals surface area contributed by atoms with Crippen molar-refractivity contribution in [3.63, 3.8) is 0 Å². The molecule has 0 amide bonds. The third-order valence-electron chi connectivity index (χ3n) is 2.79. The van der Waals surface area contributed by atoms with Crippen molar-refractivity contribution in [3.8, 4) is 0 Å². The molecule has 0 saturated carbocycles. The van der Waals surface area contributed by atoms with E-state index in [1.807, 2.05) is 11.9 Å². The summed E-state index contributed by atoms with van der Waals surface area (Å²) in [6, 6.07) is 2.09. The topological polar surface area (TPSA) is 53.4 Å². The van der Waals surface area contributed by atoms with E-state index in [1.165, 1.54) is 6.20 Å². The fourth-order valence-electron chi connectivity index (χ4n) is 1.75. The smallest absolute Gasteiger partial charge is 0.339 e. The molecule has 94 valence electrons. The van der Waals surface area contributed by atoms with Crippen LogP contribution in [0.15, 0.2) is 18.5 Å². The molecule has 0 aliphatic rings. The summed E-state index contributed by atoms with van der Waals surface area (Å²) < 4.78 is 0. The van der Waals surface area contributed by atoms with Crippen LogP contribution in [0.25, 0.3) is 0 Å². The average molecular weight is 254 g/mol. The zero-order chi connectivity index (χ0) is 12.8. The summed E-state index contributed by atoms with van der Waals surface area (Å²) in [4.78, 5) is 17.0. The van der Waals surface area contributed by atoms with Crippen molar-refractivity contribution >= 4 is 23.4 Å². The van der Waals surface area contributed by atoms with Crippen LogP contribution in [-0.4, -0.2) is 41.2 Å². The van der Waals surface area contributed by atoms with Crippen LogP contribution in [0.4, 0.5) is 5.69 Å². The molecule has 1 rings (SSSR count). The number of aromatic nitrogens is 1. The minimum atomic E-state index is -0.932. The van der Waals surface area contributed by atoms with Gasteiger partial charge in [-0.3, -0.25) is 4.98 Å². The maximum absolute atomic E-state index is 11.1. The van der Waals surface area contributed by atoms with Crippen molar-refractivity contribution in [1.29, 1.82) is 0 Å². The molecular weight excluding hydrogens is 236 g/mol. The molecule has 0 fully saturated rings. The lowest BCUT2D eigenvalue weighted by molar-refractivity contribution is 0.0697. The van der Waals surface area contributed by atoms with Crippen LogP contribution in [0.3, 0.4) is 0 Å². The van der Waals surface area contributed by atoms with Crippen LogP contribution in [0.5, 0.6) is 0 Å². The van der Waals surface area contributed by atoms with E-state index in [0.29, 0.717) is 6.04 Å². The minimum Gasteiger partial charge on any atom is -0.478 e. The van der Waals surface area contributed by atoms with Gasteiger partial charge in [0.05, 0.1) is 5.69 Å². The number of hydrogen-bond donors (Lipinski definition) is 1. The fraction of sp³-hybridized carbons (Fsp3) is 0.500. The number of anilines is 1. The quantitative estimate of drug-likeness (QED) is 0.844. The fourth-order valence-corrected chi connectivity index (χ4v) is 2.60. The van der Waals surface area contributed by atoms with Gasteiger partial charge in [-0.25, -0.2) is 4.79 Å². The van der Waals surface area contributed by atoms with Crippen molar-refractivity contribution in [2.24, 2.45) is 0 Å². The zero-order valence-corrected chi connectivity index (χ0v) is 11.2. The highest BCUT2D eigenvalue weighted by atomic mass is 32.2. The van der Waals surface area contributed by atoms with Gasteiger partial charge in [0, 0.05) is 31.2 Å². The summed E-state index contributed by atoms with van der Waals surface area (Å²) in [7, 11) is 1.94. The van der Waals surface area contributed by atoms with Gasteiger partial charge in [0.15, 0.2) is 0 Å². The number of pyridine rings is 1. The second-order valence-electron chi connectivity index (χ2n) is 3.83. The Hall–Kier alpha value is -1.23. The third-order valence-corrected chi connectivity index (χ3v) is 3.50. The first-order valence-electron chi connectivity index (χ1n) is 5.50. The second kappa shape index (κ2) is 6.49. The van der Waals surface area contributed by atoms with E-state index in [9.17, 15) is 4.79 Å². The van der Waals surface area contributed by atoms with E-state index in [4.69, 9.17) is 5.11 Å². The molecule has 0 aromatic carbocycles. The predicted molar refractivity (Wildman–Crippen MR) is 72.1 cm³/mol. The van der Waals surface area contributed by atoms with Gasteiger partial charge in [-0.1, -0.05) is 6.92 Å². The SMILES string of the molecule is CCC(CSC)N(C)c1ccncc1C(=O)O. The van der Waals surface area contributed by atoms with E-state index < -0.39 is 5.97 Å². The lowest BCUT2D eigenvalue weighted by atomic mass is 10.1. The maximum Gasteiger partial charge on any atom is 0.339 e. The Morgan fingerprint density at radius 2 is 2.35 bits per heavy atom. The number of nitrogens with zero attached hydrogens (tertiary/aromatic N) is 2. The first-order chi connectivity index (χ1) is 8.11. The third kappa shape index (κ3) is 3.36. The van der Waals surface area contributed by atoms with Crippen molar-refractivity contribution in [2.75, 3.05) is 24.0 Å². The summed E-state index contributed by atoms with van der Waals surface area (Å²) >= 11 is 1.77. The maximum atomic E-state index is 11.1. The minimum absolute atomic E-state index is 0.259. The molecule has 1 aromatic rings. The molecule has 1 unspecified atom stereocenters. The van der Waals surface area contributed by atoms with Crippen LogP contribution >= 0.6 is 11.8 Å². The van der Waals surface area contributed by atoms with Crippen molar-refractivity contribution < 1.29 is 9.90 Å². The molecule has 1 heterocycles. The second-order valence-corrected chi connectivity index (χ2v) is 4.74. The zero-order valence-electron chi connectivity index (χ0n) is 10.4. The molecule has 4 nitrogen and oxygen atoms in total. The van der Waals surface area contributed by atoms with Crippen LogP contribution in [-0.2, 0) is 0 Å². The van der Waals surface area contributed by atoms with E-state index >= 15 is 0 Å². The largest absolute Gasteiger partial charge is 0.478 e. The van der Waals surface area contributed by atoms with Crippen molar-refractivity contribution in [3.05, 3.63) is 24.0 Å². The summed E-state index contributed by atoms with van der Waals surface area (Å²) in [6.07, 6.45) is 6.07. The normalized spacial score (nSPS) is 12.2. The Morgan fingerprint density at radius 3 is 2.88 bits per heavy atom. The lowest BCUT2D eigenvalue weighted by Crippen LogP contribution is -2.34. The molecule has 0 radical (unpaired) electrons. The van der Waals surface area contributed by atoms with Gasteiger partial charge in [0.25, 0.3) is 0 Å². The molecule has 5 heteroatoms. The highest BCUT2D eigenvalue weighted by Crippen LogP contribution is 2.22. The summed E-state index contributed by atoms with van der Waals surface area (Å²) in [5.41, 5.74) is 0.989. The average Bonchev–Trinajstić information content (AvgIpc) is 2.35. The molecule has 0 aliphatic carbocycles. The molecule has 1 aromatic heterocycles. The molecule has 0 bridgehead atoms. The van der Waals surface area contributed by atoms with Gasteiger partial charge in [-0.05, 0) is 18.7 Å². The van der Waals surface area contributed by atoms with Crippen LogP contribution in [0.2, 0.25) is 0 Å². The number of carbonyl (C=O) groups is 1. The number of rotatable bonds is 6. The van der Waals surface area contributed by atoms with Gasteiger partial charge in [0.1, 0.15) is 5.56 Å². The highest BCUT2D eigenvalue weighted by molar-refractivity contribution is 7.98. The summed E-state index contributed by atoms with van der Waals surface area (Å²) in [6.45, 7) is 2.11. The summed E-state index contributed by atoms with van der Waals surface area (Å²) in [5, 5.41) is 9.13. The van der Waals surface area contributed by atoms with Crippen molar-refractivity contribution in [2.45, 2.75) is 19.4 Å². The lowest BCUT2D eigenvalue weighted by Gasteiger charge is -2.29. The predicted octanol–water partition coefficient (Wildman–Crippen LogP) is 2.36. The van der Waals surface area contributed by atoms with Gasteiger partial charge in [-0.2, -0.15) is 11.8 Å². The molecule has 0 aliphatic heterocycles. The van der Waals surface area contributed by atoms with Crippen LogP contribution in [0, 0.1) is 0 Å². The standard InChI is InChI=1S/C12H18N2O2S/c1-4-9(8-17-3)14(2)11-5-6-13-7-10(11)12(15)16/h5-7,9H,4,8H2,1-3H3,(H,15,16). The Bertz CT molecular complexity index is 385. The Morgan fingerprint density at radius 1 is 1.65 bits per heavy atom. The Kier molecular flexibility index (Phi) is 5.28. The Balaban J connectivity index is 3.01. The van der Waals surface area contributed by atoms with E-state index in [2.05, 4.69) is 18.2 Å². The molecule has 0 saturated heterocycles. The van der Waals surface area contributed by atoms with Crippen molar-refractivity contribution in [1.82, 2.24) is 4.98 Å². The van der Waals surface area contributed by atoms with E-state index in [0.717, 1.165) is 17.9 Å². The Labute approximate surface area is 106 Å². The number of thioether (sulfide) groups is 1. The first kappa shape index (κ1) is 13.8. The molecule has 17 heavy (non-hydrogen) atoms. The van der Waals surface area contributed by atoms with Gasteiger partial charge < -0.3 is 10.0 Å². The molecular formula is C12H18N2O2S. The highest BCUT2D eigenvalue weighted by Gasteiger charge is 2.18. The van der Waals surface area contributed by atoms with Gasteiger partial charge in [0.2, 0.25) is 0 Å². The summed E-state index contributed by atoms with van der Waals surface area (Å²) in [5.74, 6) is 0.0490. The van der Waals surface area contributed by atoms with Gasteiger partial charge >= 0.3 is 5.97 Å². The molecule has 0 spiro atoms. The number of carboxylic acid groups (broad SMARTS) is 1. The number of hydrogen-bond acceptors (Lipinski definition) is 4. The molecule has 1 N–H and O–H groups in total. The monoisotopic (exact) mass is 254 g/mol. The van der Waals surface area contributed by atoms with Gasteiger partial charge in [-0.15, -0.1) is 0 Å². The number of carboxylic acids is 1.